The lowest BCUT2D eigenvalue weighted by Crippen LogP contribution is -2.22. The van der Waals surface area contributed by atoms with Crippen molar-refractivity contribution in [3.05, 3.63) is 53.6 Å². The van der Waals surface area contributed by atoms with E-state index in [1.165, 1.54) is 26.4 Å². The minimum atomic E-state index is -4.36. The van der Waals surface area contributed by atoms with Crippen LogP contribution in [0.3, 0.4) is 0 Å². The van der Waals surface area contributed by atoms with E-state index in [2.05, 4.69) is 22.2 Å². The number of nitrogens with one attached hydrogen (secondary N) is 1. The minimum Gasteiger partial charge on any atom is -0.493 e. The van der Waals surface area contributed by atoms with E-state index in [-0.39, 0.29) is 36.5 Å². The number of benzene rings is 2. The summed E-state index contributed by atoms with van der Waals surface area (Å²) in [5, 5.41) is 2.89. The van der Waals surface area contributed by atoms with Crippen molar-refractivity contribution < 1.29 is 22.6 Å². The number of nitrogens with two attached hydrogens (primary N) is 1. The average Bonchev–Trinajstić information content (AvgIpc) is 2.64. The van der Waals surface area contributed by atoms with Crippen LogP contribution in [0, 0.1) is 11.8 Å². The largest absolute Gasteiger partial charge is 0.493 e. The zero-order chi connectivity index (χ0) is 19.9. The summed E-state index contributed by atoms with van der Waals surface area (Å²) in [7, 11) is 3.06. The van der Waals surface area contributed by atoms with E-state index in [0.29, 0.717) is 22.7 Å². The van der Waals surface area contributed by atoms with E-state index in [4.69, 9.17) is 15.2 Å². The van der Waals surface area contributed by atoms with Gasteiger partial charge in [0.2, 0.25) is 0 Å². The minimum absolute atomic E-state index is 0. The molecule has 5 nitrogen and oxygen atoms in total. The maximum Gasteiger partial charge on any atom is 0.416 e. The number of halogens is 4. The Labute approximate surface area is 178 Å². The van der Waals surface area contributed by atoms with Gasteiger partial charge in [0.1, 0.15) is 6.54 Å². The van der Waals surface area contributed by atoms with Crippen LogP contribution in [0.25, 0.3) is 0 Å². The molecule has 9 heteroatoms. The van der Waals surface area contributed by atoms with Crippen LogP contribution in [-0.4, -0.2) is 26.7 Å². The highest BCUT2D eigenvalue weighted by molar-refractivity contribution is 14.0. The van der Waals surface area contributed by atoms with Crippen LogP contribution in [0.15, 0.2) is 47.5 Å². The van der Waals surface area contributed by atoms with E-state index >= 15 is 0 Å². The molecule has 0 aliphatic rings. The normalized spacial score (nSPS) is 11.0. The second-order valence-electron chi connectivity index (χ2n) is 5.27. The molecular weight excluding hydrogens is 486 g/mol. The van der Waals surface area contributed by atoms with Gasteiger partial charge in [-0.15, -0.1) is 24.0 Å². The molecule has 0 aromatic heterocycles. The number of ether oxygens (including phenoxy) is 2. The first kappa shape index (κ1) is 23.4. The number of aliphatic imine (C=N–C) groups is 1. The fraction of sp³-hybridized carbons (Fsp3) is 0.211. The van der Waals surface area contributed by atoms with E-state index in [9.17, 15) is 13.2 Å². The van der Waals surface area contributed by atoms with Gasteiger partial charge in [-0.2, -0.15) is 13.2 Å². The Kier molecular flexibility index (Phi) is 8.91. The first-order chi connectivity index (χ1) is 12.8. The molecule has 3 N–H and O–H groups in total. The summed E-state index contributed by atoms with van der Waals surface area (Å²) < 4.78 is 47.8. The number of hydrogen-bond acceptors (Lipinski definition) is 3. The third kappa shape index (κ3) is 6.84. The third-order valence-electron chi connectivity index (χ3n) is 3.43. The smallest absolute Gasteiger partial charge is 0.416 e. The standard InChI is InChI=1S/C19H18F3N3O2.HI/c1-26-16-10-9-15(12-17(16)27-2)25-18(23)24-11-3-4-13-5-7-14(8-6-13)19(20,21)22;/h5-10,12H,11H2,1-2H3,(H3,23,24,25);1H. The summed E-state index contributed by atoms with van der Waals surface area (Å²) in [4.78, 5) is 4.05. The van der Waals surface area contributed by atoms with Crippen molar-refractivity contribution in [3.63, 3.8) is 0 Å². The van der Waals surface area contributed by atoms with Gasteiger partial charge in [0.05, 0.1) is 19.8 Å². The molecule has 0 aliphatic carbocycles. The van der Waals surface area contributed by atoms with Crippen LogP contribution in [0.4, 0.5) is 18.9 Å². The number of guanidine groups is 1. The molecule has 2 rings (SSSR count). The Morgan fingerprint density at radius 3 is 2.29 bits per heavy atom. The molecule has 0 aliphatic heterocycles. The van der Waals surface area contributed by atoms with Gasteiger partial charge >= 0.3 is 6.18 Å². The molecule has 0 radical (unpaired) electrons. The van der Waals surface area contributed by atoms with Gasteiger partial charge in [-0.3, -0.25) is 0 Å². The van der Waals surface area contributed by atoms with Crippen molar-refractivity contribution >= 4 is 35.6 Å². The first-order valence-corrected chi connectivity index (χ1v) is 7.78. The molecule has 0 amide bonds. The molecular formula is C19H19F3IN3O2. The Morgan fingerprint density at radius 1 is 1.07 bits per heavy atom. The summed E-state index contributed by atoms with van der Waals surface area (Å²) in [6, 6.07) is 9.77. The number of anilines is 1. The van der Waals surface area contributed by atoms with Crippen LogP contribution in [-0.2, 0) is 6.18 Å². The summed E-state index contributed by atoms with van der Waals surface area (Å²) >= 11 is 0. The molecule has 0 heterocycles. The maximum absolute atomic E-state index is 12.5. The zero-order valence-electron chi connectivity index (χ0n) is 15.1. The second kappa shape index (κ2) is 10.7. The molecule has 0 unspecified atom stereocenters. The highest BCUT2D eigenvalue weighted by Crippen LogP contribution is 2.30. The highest BCUT2D eigenvalue weighted by Gasteiger charge is 2.29. The lowest BCUT2D eigenvalue weighted by atomic mass is 10.1. The molecule has 0 bridgehead atoms. The number of nitrogens with zero attached hydrogens (tertiary/aromatic N) is 1. The molecule has 2 aromatic carbocycles. The first-order valence-electron chi connectivity index (χ1n) is 7.78. The number of hydrogen-bond donors (Lipinski definition) is 2. The van der Waals surface area contributed by atoms with Gasteiger partial charge in [-0.25, -0.2) is 4.99 Å². The second-order valence-corrected chi connectivity index (χ2v) is 5.27. The van der Waals surface area contributed by atoms with Crippen molar-refractivity contribution in [2.24, 2.45) is 10.7 Å². The van der Waals surface area contributed by atoms with Gasteiger partial charge in [0, 0.05) is 17.3 Å². The number of methoxy groups -OCH3 is 2. The molecule has 28 heavy (non-hydrogen) atoms. The van der Waals surface area contributed by atoms with Crippen LogP contribution in [0.1, 0.15) is 11.1 Å². The van der Waals surface area contributed by atoms with Crippen molar-refractivity contribution in [1.82, 2.24) is 0 Å². The van der Waals surface area contributed by atoms with Gasteiger partial charge in [0.25, 0.3) is 0 Å². The summed E-state index contributed by atoms with van der Waals surface area (Å²) in [5.74, 6) is 6.73. The quantitative estimate of drug-likeness (QED) is 0.284. The monoisotopic (exact) mass is 505 g/mol. The van der Waals surface area contributed by atoms with Crippen LogP contribution in [0.5, 0.6) is 11.5 Å². The van der Waals surface area contributed by atoms with Gasteiger partial charge in [-0.05, 0) is 36.4 Å². The molecule has 0 saturated carbocycles. The van der Waals surface area contributed by atoms with Crippen molar-refractivity contribution in [1.29, 1.82) is 0 Å². The Morgan fingerprint density at radius 2 is 1.71 bits per heavy atom. The van der Waals surface area contributed by atoms with Crippen molar-refractivity contribution in [3.8, 4) is 23.3 Å². The van der Waals surface area contributed by atoms with Crippen LogP contribution in [0.2, 0.25) is 0 Å². The summed E-state index contributed by atoms with van der Waals surface area (Å²) in [6.45, 7) is 0.0904. The van der Waals surface area contributed by atoms with E-state index < -0.39 is 11.7 Å². The Balaban J connectivity index is 0.00000392. The van der Waals surface area contributed by atoms with Crippen molar-refractivity contribution in [2.75, 3.05) is 26.1 Å². The summed E-state index contributed by atoms with van der Waals surface area (Å²) in [6.07, 6.45) is -4.36. The molecule has 0 saturated heterocycles. The lowest BCUT2D eigenvalue weighted by molar-refractivity contribution is -0.137. The lowest BCUT2D eigenvalue weighted by Gasteiger charge is -2.10. The fourth-order valence-electron chi connectivity index (χ4n) is 2.11. The topological polar surface area (TPSA) is 68.9 Å². The Bertz CT molecular complexity index is 873. The predicted molar refractivity (Wildman–Crippen MR) is 113 cm³/mol. The molecule has 2 aromatic rings. The fourth-order valence-corrected chi connectivity index (χ4v) is 2.11. The van der Waals surface area contributed by atoms with Crippen LogP contribution >= 0.6 is 24.0 Å². The van der Waals surface area contributed by atoms with Gasteiger partial charge < -0.3 is 20.5 Å². The van der Waals surface area contributed by atoms with Crippen LogP contribution < -0.4 is 20.5 Å². The number of rotatable bonds is 4. The maximum atomic E-state index is 12.5. The van der Waals surface area contributed by atoms with Gasteiger partial charge in [-0.1, -0.05) is 11.8 Å². The summed E-state index contributed by atoms with van der Waals surface area (Å²) in [5.41, 5.74) is 6.20. The van der Waals surface area contributed by atoms with E-state index in [1.807, 2.05) is 0 Å². The molecule has 0 spiro atoms. The molecule has 150 valence electrons. The van der Waals surface area contributed by atoms with Gasteiger partial charge in [0.15, 0.2) is 17.5 Å². The SMILES string of the molecule is COc1ccc(NC(N)=NCC#Cc2ccc(C(F)(F)F)cc2)cc1OC.I. The van der Waals surface area contributed by atoms with E-state index in [1.54, 1.807) is 18.2 Å². The third-order valence-corrected chi connectivity index (χ3v) is 3.43. The molecule has 0 atom stereocenters. The zero-order valence-corrected chi connectivity index (χ0v) is 17.5. The number of alkyl halides is 3. The molecule has 0 fully saturated rings. The Hall–Kier alpha value is -2.61. The van der Waals surface area contributed by atoms with Crippen molar-refractivity contribution in [2.45, 2.75) is 6.18 Å². The van der Waals surface area contributed by atoms with E-state index in [0.717, 1.165) is 12.1 Å². The highest BCUT2D eigenvalue weighted by atomic mass is 127. The average molecular weight is 505 g/mol. The predicted octanol–water partition coefficient (Wildman–Crippen LogP) is 4.12.